The van der Waals surface area contributed by atoms with Gasteiger partial charge in [0.05, 0.1) is 11.7 Å². The monoisotopic (exact) mass is 439 g/mol. The van der Waals surface area contributed by atoms with Crippen molar-refractivity contribution in [1.29, 1.82) is 0 Å². The van der Waals surface area contributed by atoms with Crippen molar-refractivity contribution in [1.82, 2.24) is 40.2 Å². The van der Waals surface area contributed by atoms with E-state index in [1.165, 1.54) is 5.56 Å². The predicted molar refractivity (Wildman–Crippen MR) is 128 cm³/mol. The zero-order valence-corrected chi connectivity index (χ0v) is 18.8. The molecule has 5 heterocycles. The Morgan fingerprint density at radius 1 is 1.09 bits per heavy atom. The Labute approximate surface area is 190 Å². The highest BCUT2D eigenvalue weighted by molar-refractivity contribution is 5.89. The quantitative estimate of drug-likeness (QED) is 0.396. The van der Waals surface area contributed by atoms with E-state index in [-0.39, 0.29) is 0 Å². The van der Waals surface area contributed by atoms with Crippen molar-refractivity contribution in [2.75, 3.05) is 18.4 Å². The van der Waals surface area contributed by atoms with Gasteiger partial charge in [-0.3, -0.25) is 20.5 Å². The van der Waals surface area contributed by atoms with E-state index >= 15 is 0 Å². The molecule has 9 heteroatoms. The number of rotatable bonds is 4. The Morgan fingerprint density at radius 3 is 2.79 bits per heavy atom. The molecule has 0 spiro atoms. The normalized spacial score (nSPS) is 14.5. The van der Waals surface area contributed by atoms with E-state index in [1.807, 2.05) is 48.6 Å². The molecule has 1 aliphatic rings. The maximum Gasteiger partial charge on any atom is 0.247 e. The largest absolute Gasteiger partial charge is 0.323 e. The Morgan fingerprint density at radius 2 is 1.94 bits per heavy atom. The zero-order chi connectivity index (χ0) is 22.5. The van der Waals surface area contributed by atoms with Gasteiger partial charge in [0.2, 0.25) is 5.95 Å². The molecule has 4 aromatic heterocycles. The van der Waals surface area contributed by atoms with E-state index in [9.17, 15) is 0 Å². The van der Waals surface area contributed by atoms with Crippen LogP contribution in [0.25, 0.3) is 27.7 Å². The lowest BCUT2D eigenvalue weighted by Crippen LogP contribution is -2.21. The number of hydrogen-bond donors (Lipinski definition) is 3. The molecule has 33 heavy (non-hydrogen) atoms. The second kappa shape index (κ2) is 7.65. The Kier molecular flexibility index (Phi) is 4.60. The van der Waals surface area contributed by atoms with Gasteiger partial charge in [0.1, 0.15) is 0 Å². The first-order valence-corrected chi connectivity index (χ1v) is 11.0. The molecule has 0 aliphatic carbocycles. The molecule has 6 rings (SSSR count). The van der Waals surface area contributed by atoms with E-state index in [2.05, 4.69) is 50.5 Å². The van der Waals surface area contributed by atoms with Crippen molar-refractivity contribution >= 4 is 28.2 Å². The molecule has 166 valence electrons. The van der Waals surface area contributed by atoms with Crippen molar-refractivity contribution < 1.29 is 0 Å². The minimum absolute atomic E-state index is 0.341. The number of pyridine rings is 2. The number of aromatic nitrogens is 6. The van der Waals surface area contributed by atoms with Crippen molar-refractivity contribution in [3.05, 3.63) is 65.7 Å². The predicted octanol–water partition coefficient (Wildman–Crippen LogP) is 3.23. The summed E-state index contributed by atoms with van der Waals surface area (Å²) in [6, 6.07) is 10.6. The second-order valence-corrected chi connectivity index (χ2v) is 8.54. The molecule has 0 amide bonds. The van der Waals surface area contributed by atoms with Gasteiger partial charge < -0.3 is 5.32 Å². The maximum absolute atomic E-state index is 4.93. The molecule has 0 saturated carbocycles. The number of anilines is 2. The number of fused-ring (bicyclic) bond motifs is 2. The number of hydrazine groups is 1. The molecule has 1 saturated heterocycles. The maximum atomic E-state index is 4.93. The van der Waals surface area contributed by atoms with Crippen LogP contribution in [0.1, 0.15) is 22.7 Å². The SMILES string of the molecule is Cc1nccc(Nc2nc3c(-c4ccc5c(cnn5C)c4)c(C4CNNC4)ccn3n2)c1C. The summed E-state index contributed by atoms with van der Waals surface area (Å²) in [5.41, 5.74) is 14.9. The van der Waals surface area contributed by atoms with Crippen LogP contribution in [-0.4, -0.2) is 42.5 Å². The molecular formula is C24H25N9. The van der Waals surface area contributed by atoms with Gasteiger partial charge in [-0.2, -0.15) is 10.1 Å². The van der Waals surface area contributed by atoms with Crippen molar-refractivity contribution in [3.63, 3.8) is 0 Å². The lowest BCUT2D eigenvalue weighted by atomic mass is 9.91. The third-order valence-electron chi connectivity index (χ3n) is 6.54. The second-order valence-electron chi connectivity index (χ2n) is 8.54. The Hall–Kier alpha value is -3.82. The highest BCUT2D eigenvalue weighted by atomic mass is 15.4. The summed E-state index contributed by atoms with van der Waals surface area (Å²) in [5.74, 6) is 0.903. The standard InChI is InChI=1S/C24H25N9/c1-14-15(2)25-8-6-20(14)29-24-30-23-22(16-4-5-21-17(10-16)13-28-32(21)3)19(7-9-33(23)31-24)18-11-26-27-12-18/h4-10,13,18,26-27H,11-12H2,1-3H3,(H,25,29,31). The summed E-state index contributed by atoms with van der Waals surface area (Å²) >= 11 is 0. The Balaban J connectivity index is 1.52. The van der Waals surface area contributed by atoms with E-state index in [4.69, 9.17) is 10.1 Å². The van der Waals surface area contributed by atoms with Gasteiger partial charge in [-0.05, 0) is 54.8 Å². The molecule has 9 nitrogen and oxygen atoms in total. The number of aryl methyl sites for hydroxylation is 2. The molecule has 1 fully saturated rings. The molecule has 0 atom stereocenters. The van der Waals surface area contributed by atoms with Gasteiger partial charge in [-0.15, -0.1) is 5.10 Å². The van der Waals surface area contributed by atoms with Gasteiger partial charge >= 0.3 is 0 Å². The molecule has 1 aromatic carbocycles. The summed E-state index contributed by atoms with van der Waals surface area (Å²) in [6.07, 6.45) is 5.70. The average Bonchev–Trinajstić information content (AvgIpc) is 3.56. The van der Waals surface area contributed by atoms with Crippen LogP contribution in [0.2, 0.25) is 0 Å². The number of benzene rings is 1. The van der Waals surface area contributed by atoms with Gasteiger partial charge in [-0.25, -0.2) is 4.52 Å². The third-order valence-corrected chi connectivity index (χ3v) is 6.54. The molecule has 1 aliphatic heterocycles. The zero-order valence-electron chi connectivity index (χ0n) is 18.8. The fraction of sp³-hybridized carbons (Fsp3) is 0.250. The lowest BCUT2D eigenvalue weighted by Gasteiger charge is -2.15. The summed E-state index contributed by atoms with van der Waals surface area (Å²) < 4.78 is 3.75. The van der Waals surface area contributed by atoms with E-state index in [0.717, 1.165) is 57.7 Å². The van der Waals surface area contributed by atoms with Crippen LogP contribution in [0.3, 0.4) is 0 Å². The van der Waals surface area contributed by atoms with Gasteiger partial charge in [0, 0.05) is 60.8 Å². The molecular weight excluding hydrogens is 414 g/mol. The summed E-state index contributed by atoms with van der Waals surface area (Å²) in [5, 5.41) is 13.6. The van der Waals surface area contributed by atoms with Gasteiger partial charge in [0.15, 0.2) is 5.65 Å². The number of nitrogens with one attached hydrogen (secondary N) is 3. The highest BCUT2D eigenvalue weighted by Crippen LogP contribution is 2.35. The average molecular weight is 440 g/mol. The van der Waals surface area contributed by atoms with Crippen molar-refractivity contribution in [2.45, 2.75) is 19.8 Å². The first-order chi connectivity index (χ1) is 16.1. The van der Waals surface area contributed by atoms with Crippen LogP contribution in [0.5, 0.6) is 0 Å². The fourth-order valence-electron chi connectivity index (χ4n) is 4.55. The van der Waals surface area contributed by atoms with Crippen LogP contribution >= 0.6 is 0 Å². The minimum Gasteiger partial charge on any atom is -0.323 e. The van der Waals surface area contributed by atoms with Gasteiger partial charge in [0.25, 0.3) is 0 Å². The summed E-state index contributed by atoms with van der Waals surface area (Å²) in [4.78, 5) is 9.29. The minimum atomic E-state index is 0.341. The van der Waals surface area contributed by atoms with Gasteiger partial charge in [-0.1, -0.05) is 6.07 Å². The van der Waals surface area contributed by atoms with Crippen LogP contribution in [0.4, 0.5) is 11.6 Å². The fourth-order valence-corrected chi connectivity index (χ4v) is 4.55. The first kappa shape index (κ1) is 19.8. The Bertz CT molecular complexity index is 1490. The van der Waals surface area contributed by atoms with Crippen LogP contribution < -0.4 is 16.2 Å². The van der Waals surface area contributed by atoms with Crippen molar-refractivity contribution in [2.24, 2.45) is 7.05 Å². The van der Waals surface area contributed by atoms with E-state index < -0.39 is 0 Å². The van der Waals surface area contributed by atoms with Crippen LogP contribution in [-0.2, 0) is 7.05 Å². The molecule has 0 unspecified atom stereocenters. The highest BCUT2D eigenvalue weighted by Gasteiger charge is 2.24. The van der Waals surface area contributed by atoms with Crippen molar-refractivity contribution in [3.8, 4) is 11.1 Å². The summed E-state index contributed by atoms with van der Waals surface area (Å²) in [6.45, 7) is 5.79. The molecule has 0 bridgehead atoms. The molecule has 5 aromatic rings. The smallest absolute Gasteiger partial charge is 0.247 e. The third kappa shape index (κ3) is 3.33. The van der Waals surface area contributed by atoms with E-state index in [1.54, 1.807) is 6.20 Å². The van der Waals surface area contributed by atoms with Crippen LogP contribution in [0, 0.1) is 13.8 Å². The lowest BCUT2D eigenvalue weighted by molar-refractivity contribution is 0.689. The number of nitrogens with zero attached hydrogens (tertiary/aromatic N) is 6. The number of hydrogen-bond acceptors (Lipinski definition) is 7. The topological polar surface area (TPSA) is 97.0 Å². The molecule has 3 N–H and O–H groups in total. The van der Waals surface area contributed by atoms with Crippen LogP contribution in [0.15, 0.2) is 48.9 Å². The molecule has 0 radical (unpaired) electrons. The van der Waals surface area contributed by atoms with E-state index in [0.29, 0.717) is 11.9 Å². The first-order valence-electron chi connectivity index (χ1n) is 11.0. The summed E-state index contributed by atoms with van der Waals surface area (Å²) in [7, 11) is 1.96.